The Balaban J connectivity index is 1.79. The topological polar surface area (TPSA) is 76.1 Å². The molecule has 1 amide bonds. The van der Waals surface area contributed by atoms with Crippen LogP contribution in [0.3, 0.4) is 0 Å². The van der Waals surface area contributed by atoms with Gasteiger partial charge < -0.3 is 0 Å². The van der Waals surface area contributed by atoms with E-state index in [-0.39, 0.29) is 19.1 Å². The molecule has 11 heteroatoms. The van der Waals surface area contributed by atoms with E-state index in [0.29, 0.717) is 10.6 Å². The molecule has 0 bridgehead atoms. The average molecular weight is 479 g/mol. The lowest BCUT2D eigenvalue weighted by molar-refractivity contribution is 0.0978. The van der Waals surface area contributed by atoms with Crippen LogP contribution in [0.4, 0.5) is 0 Å². The van der Waals surface area contributed by atoms with Crippen molar-refractivity contribution in [3.05, 3.63) is 60.6 Å². The highest BCUT2D eigenvalue weighted by atomic mass is 35.5. The Labute approximate surface area is 178 Å². The van der Waals surface area contributed by atoms with E-state index in [1.54, 1.807) is 35.6 Å². The molecule has 5 nitrogen and oxygen atoms in total. The number of nitrogens with one attached hydrogen (secondary N) is 1. The number of aromatic nitrogens is 1. The summed E-state index contributed by atoms with van der Waals surface area (Å²) < 4.78 is 27.2. The normalized spacial score (nSPS) is 11.5. The molecule has 0 unspecified atom stereocenters. The summed E-state index contributed by atoms with van der Waals surface area (Å²) in [5.41, 5.74) is 1.17. The van der Waals surface area contributed by atoms with Gasteiger partial charge in [-0.25, -0.2) is 18.1 Å². The zero-order valence-electron chi connectivity index (χ0n) is 13.7. The fourth-order valence-corrected chi connectivity index (χ4v) is 6.92. The molecule has 0 atom stereocenters. The quantitative estimate of drug-likeness (QED) is 0.490. The SMILES string of the molecule is Cc1nc(CSc2ccccc2C(=O)NS(=O)(=O)c2cc(Cl)sc2Cl)cs1. The lowest BCUT2D eigenvalue weighted by atomic mass is 10.2. The molecule has 3 aromatic rings. The smallest absolute Gasteiger partial charge is 0.266 e. The first-order chi connectivity index (χ1) is 12.8. The Morgan fingerprint density at radius 3 is 2.67 bits per heavy atom. The molecule has 142 valence electrons. The van der Waals surface area contributed by atoms with Gasteiger partial charge in [-0.2, -0.15) is 0 Å². The largest absolute Gasteiger partial charge is 0.268 e. The van der Waals surface area contributed by atoms with E-state index < -0.39 is 15.9 Å². The molecule has 27 heavy (non-hydrogen) atoms. The van der Waals surface area contributed by atoms with Crippen molar-refractivity contribution < 1.29 is 13.2 Å². The van der Waals surface area contributed by atoms with E-state index >= 15 is 0 Å². The van der Waals surface area contributed by atoms with Crippen LogP contribution >= 0.6 is 57.6 Å². The Morgan fingerprint density at radius 2 is 2.04 bits per heavy atom. The van der Waals surface area contributed by atoms with Crippen molar-refractivity contribution >= 4 is 73.6 Å². The van der Waals surface area contributed by atoms with Crippen LogP contribution < -0.4 is 4.72 Å². The summed E-state index contributed by atoms with van der Waals surface area (Å²) in [4.78, 5) is 17.4. The molecule has 1 N–H and O–H groups in total. The van der Waals surface area contributed by atoms with Crippen LogP contribution in [0.25, 0.3) is 0 Å². The molecule has 0 aliphatic rings. The number of thioether (sulfide) groups is 1. The summed E-state index contributed by atoms with van der Waals surface area (Å²) in [5, 5.41) is 2.92. The van der Waals surface area contributed by atoms with Gasteiger partial charge in [-0.3, -0.25) is 4.79 Å². The van der Waals surface area contributed by atoms with Gasteiger partial charge in [-0.15, -0.1) is 34.4 Å². The minimum Gasteiger partial charge on any atom is -0.268 e. The maximum atomic E-state index is 12.6. The fourth-order valence-electron chi connectivity index (χ4n) is 2.15. The number of rotatable bonds is 6. The van der Waals surface area contributed by atoms with Crippen molar-refractivity contribution in [2.75, 3.05) is 0 Å². The predicted octanol–water partition coefficient (Wildman–Crippen LogP) is 5.23. The lowest BCUT2D eigenvalue weighted by Crippen LogP contribution is -2.30. The van der Waals surface area contributed by atoms with Crippen LogP contribution in [0.1, 0.15) is 21.1 Å². The first kappa shape index (κ1) is 20.6. The lowest BCUT2D eigenvalue weighted by Gasteiger charge is -2.10. The molecule has 1 aromatic carbocycles. The number of hydrogen-bond acceptors (Lipinski definition) is 7. The van der Waals surface area contributed by atoms with Gasteiger partial charge in [0.1, 0.15) is 9.23 Å². The first-order valence-corrected chi connectivity index (χ1v) is 12.3. The third-order valence-corrected chi connectivity index (χ3v) is 8.33. The number of carbonyl (C=O) groups is 1. The summed E-state index contributed by atoms with van der Waals surface area (Å²) in [6.07, 6.45) is 0. The summed E-state index contributed by atoms with van der Waals surface area (Å²) in [6.45, 7) is 1.92. The van der Waals surface area contributed by atoms with Crippen molar-refractivity contribution in [2.45, 2.75) is 22.5 Å². The van der Waals surface area contributed by atoms with Crippen LogP contribution in [0.2, 0.25) is 8.67 Å². The summed E-state index contributed by atoms with van der Waals surface area (Å²) >= 11 is 15.6. The fraction of sp³-hybridized carbons (Fsp3) is 0.125. The zero-order valence-corrected chi connectivity index (χ0v) is 18.5. The first-order valence-electron chi connectivity index (χ1n) is 7.41. The molecule has 0 aliphatic heterocycles. The second-order valence-electron chi connectivity index (χ2n) is 5.27. The summed E-state index contributed by atoms with van der Waals surface area (Å²) in [6, 6.07) is 8.01. The van der Waals surface area contributed by atoms with Crippen LogP contribution in [0.5, 0.6) is 0 Å². The number of sulfonamides is 1. The van der Waals surface area contributed by atoms with Crippen LogP contribution in [0, 0.1) is 6.92 Å². The van der Waals surface area contributed by atoms with Crippen molar-refractivity contribution in [2.24, 2.45) is 0 Å². The Bertz CT molecular complexity index is 1090. The second-order valence-corrected chi connectivity index (χ2v) is 11.3. The number of thiazole rings is 1. The maximum absolute atomic E-state index is 12.6. The van der Waals surface area contributed by atoms with Gasteiger partial charge in [0.25, 0.3) is 15.9 Å². The van der Waals surface area contributed by atoms with Crippen LogP contribution in [-0.4, -0.2) is 19.3 Å². The highest BCUT2D eigenvalue weighted by Crippen LogP contribution is 2.34. The number of halogens is 2. The second kappa shape index (κ2) is 8.50. The number of nitrogens with zero attached hydrogens (tertiary/aromatic N) is 1. The zero-order chi connectivity index (χ0) is 19.6. The van der Waals surface area contributed by atoms with Crippen molar-refractivity contribution in [1.29, 1.82) is 0 Å². The van der Waals surface area contributed by atoms with Gasteiger partial charge in [0, 0.05) is 16.0 Å². The number of thiophene rings is 1. The molecular weight excluding hydrogens is 467 g/mol. The van der Waals surface area contributed by atoms with Gasteiger partial charge in [0.2, 0.25) is 0 Å². The molecule has 2 heterocycles. The van der Waals surface area contributed by atoms with E-state index in [1.807, 2.05) is 12.3 Å². The van der Waals surface area contributed by atoms with Gasteiger partial charge >= 0.3 is 0 Å². The third kappa shape index (κ3) is 5.04. The van der Waals surface area contributed by atoms with E-state index in [4.69, 9.17) is 23.2 Å². The minimum atomic E-state index is -4.12. The monoisotopic (exact) mass is 478 g/mol. The molecule has 0 spiro atoms. The number of hydrogen-bond donors (Lipinski definition) is 1. The van der Waals surface area contributed by atoms with Crippen molar-refractivity contribution in [3.63, 3.8) is 0 Å². The molecule has 0 fully saturated rings. The minimum absolute atomic E-state index is 0.00172. The van der Waals surface area contributed by atoms with E-state index in [2.05, 4.69) is 9.71 Å². The van der Waals surface area contributed by atoms with E-state index in [9.17, 15) is 13.2 Å². The third-order valence-electron chi connectivity index (χ3n) is 3.32. The summed E-state index contributed by atoms with van der Waals surface area (Å²) in [7, 11) is -4.12. The van der Waals surface area contributed by atoms with Crippen molar-refractivity contribution in [3.8, 4) is 0 Å². The highest BCUT2D eigenvalue weighted by Gasteiger charge is 2.25. The van der Waals surface area contributed by atoms with Gasteiger partial charge in [-0.05, 0) is 25.1 Å². The van der Waals surface area contributed by atoms with Gasteiger partial charge in [0.05, 0.1) is 20.6 Å². The molecule has 0 saturated carbocycles. The van der Waals surface area contributed by atoms with Crippen molar-refractivity contribution in [1.82, 2.24) is 9.71 Å². The number of benzene rings is 1. The molecule has 0 radical (unpaired) electrons. The number of amides is 1. The van der Waals surface area contributed by atoms with Gasteiger partial charge in [-0.1, -0.05) is 35.3 Å². The van der Waals surface area contributed by atoms with E-state index in [0.717, 1.165) is 22.0 Å². The van der Waals surface area contributed by atoms with Crippen LogP contribution in [0.15, 0.2) is 45.5 Å². The number of aryl methyl sites for hydroxylation is 1. The summed E-state index contributed by atoms with van der Waals surface area (Å²) in [5.74, 6) is -0.154. The molecular formula is C16H12Cl2N2O3S4. The van der Waals surface area contributed by atoms with Gasteiger partial charge in [0.15, 0.2) is 0 Å². The number of carbonyl (C=O) groups excluding carboxylic acids is 1. The predicted molar refractivity (Wildman–Crippen MR) is 112 cm³/mol. The highest BCUT2D eigenvalue weighted by molar-refractivity contribution is 7.98. The van der Waals surface area contributed by atoms with Crippen LogP contribution in [-0.2, 0) is 15.8 Å². The molecule has 0 aliphatic carbocycles. The standard InChI is InChI=1S/C16H12Cl2N2O3S4/c1-9-19-10(7-24-9)8-25-12-5-3-2-4-11(12)16(21)20-27(22,23)13-6-14(17)26-15(13)18/h2-7H,8H2,1H3,(H,20,21). The molecule has 3 rings (SSSR count). The molecule has 0 saturated heterocycles. The Kier molecular flexibility index (Phi) is 6.50. The Morgan fingerprint density at radius 1 is 1.30 bits per heavy atom. The average Bonchev–Trinajstić information content (AvgIpc) is 3.18. The Hall–Kier alpha value is -1.10. The van der Waals surface area contributed by atoms with E-state index in [1.165, 1.54) is 17.8 Å². The maximum Gasteiger partial charge on any atom is 0.266 e. The molecule has 2 aromatic heterocycles.